The predicted octanol–water partition coefficient (Wildman–Crippen LogP) is 2.65. The first kappa shape index (κ1) is 13.9. The Morgan fingerprint density at radius 1 is 1.32 bits per heavy atom. The number of ether oxygens (including phenoxy) is 1. The summed E-state index contributed by atoms with van der Waals surface area (Å²) in [7, 11) is 1.62. The maximum atomic E-state index is 5.43. The van der Waals surface area contributed by atoms with Crippen LogP contribution in [0.2, 0.25) is 0 Å². The summed E-state index contributed by atoms with van der Waals surface area (Å²) in [5.74, 6) is 6.60. The van der Waals surface area contributed by atoms with E-state index >= 15 is 0 Å². The van der Waals surface area contributed by atoms with E-state index in [4.69, 9.17) is 10.6 Å². The minimum absolute atomic E-state index is 0.410. The molecule has 0 fully saturated rings. The fraction of sp³-hybridized carbons (Fsp3) is 0.231. The SMILES string of the molecule is COCc1cc(NN)nc(-c2ccc(C)cc2Br)n1. The van der Waals surface area contributed by atoms with Crippen molar-refractivity contribution in [2.75, 3.05) is 12.5 Å². The molecule has 0 saturated heterocycles. The lowest BCUT2D eigenvalue weighted by Crippen LogP contribution is -2.11. The van der Waals surface area contributed by atoms with Crippen LogP contribution in [-0.2, 0) is 11.3 Å². The van der Waals surface area contributed by atoms with Gasteiger partial charge in [0.25, 0.3) is 0 Å². The number of methoxy groups -OCH3 is 1. The van der Waals surface area contributed by atoms with Crippen molar-refractivity contribution in [3.63, 3.8) is 0 Å². The Morgan fingerprint density at radius 2 is 2.11 bits per heavy atom. The van der Waals surface area contributed by atoms with Crippen molar-refractivity contribution in [1.29, 1.82) is 0 Å². The number of anilines is 1. The number of aryl methyl sites for hydroxylation is 1. The van der Waals surface area contributed by atoms with Crippen LogP contribution in [0.25, 0.3) is 11.4 Å². The molecule has 0 amide bonds. The molecule has 0 aliphatic heterocycles. The number of nitrogens with zero attached hydrogens (tertiary/aromatic N) is 2. The van der Waals surface area contributed by atoms with Crippen LogP contribution in [0.3, 0.4) is 0 Å². The minimum Gasteiger partial charge on any atom is -0.378 e. The summed E-state index contributed by atoms with van der Waals surface area (Å²) in [5, 5.41) is 0. The highest BCUT2D eigenvalue weighted by molar-refractivity contribution is 9.10. The van der Waals surface area contributed by atoms with Crippen LogP contribution >= 0.6 is 15.9 Å². The van der Waals surface area contributed by atoms with Crippen molar-refractivity contribution in [2.45, 2.75) is 13.5 Å². The molecular formula is C13H15BrN4O. The van der Waals surface area contributed by atoms with Crippen molar-refractivity contribution in [2.24, 2.45) is 5.84 Å². The van der Waals surface area contributed by atoms with Gasteiger partial charge in [-0.3, -0.25) is 0 Å². The summed E-state index contributed by atoms with van der Waals surface area (Å²) in [4.78, 5) is 8.83. The van der Waals surface area contributed by atoms with Crippen LogP contribution in [0.15, 0.2) is 28.7 Å². The van der Waals surface area contributed by atoms with Gasteiger partial charge in [-0.2, -0.15) is 0 Å². The Kier molecular flexibility index (Phi) is 4.47. The van der Waals surface area contributed by atoms with Gasteiger partial charge in [-0.15, -0.1) is 0 Å². The van der Waals surface area contributed by atoms with E-state index < -0.39 is 0 Å². The topological polar surface area (TPSA) is 73.1 Å². The molecule has 3 N–H and O–H groups in total. The number of hydrogen-bond acceptors (Lipinski definition) is 5. The van der Waals surface area contributed by atoms with Crippen LogP contribution in [0.4, 0.5) is 5.82 Å². The Hall–Kier alpha value is -1.50. The zero-order chi connectivity index (χ0) is 13.8. The van der Waals surface area contributed by atoms with Crippen LogP contribution in [0.1, 0.15) is 11.3 Å². The monoisotopic (exact) mass is 322 g/mol. The maximum absolute atomic E-state index is 5.43. The molecule has 1 aromatic carbocycles. The molecule has 0 spiro atoms. The normalized spacial score (nSPS) is 10.5. The van der Waals surface area contributed by atoms with Gasteiger partial charge in [-0.05, 0) is 24.6 Å². The molecule has 2 rings (SSSR count). The predicted molar refractivity (Wildman–Crippen MR) is 78.4 cm³/mol. The van der Waals surface area contributed by atoms with E-state index in [9.17, 15) is 0 Å². The Labute approximate surface area is 120 Å². The molecule has 0 bridgehead atoms. The highest BCUT2D eigenvalue weighted by atomic mass is 79.9. The lowest BCUT2D eigenvalue weighted by atomic mass is 10.1. The largest absolute Gasteiger partial charge is 0.378 e. The smallest absolute Gasteiger partial charge is 0.163 e. The van der Waals surface area contributed by atoms with E-state index in [1.54, 1.807) is 13.2 Å². The second kappa shape index (κ2) is 6.10. The van der Waals surface area contributed by atoms with E-state index in [1.807, 2.05) is 25.1 Å². The lowest BCUT2D eigenvalue weighted by Gasteiger charge is -2.09. The summed E-state index contributed by atoms with van der Waals surface area (Å²) in [5.41, 5.74) is 5.40. The Morgan fingerprint density at radius 3 is 2.74 bits per heavy atom. The number of hydrogen-bond donors (Lipinski definition) is 2. The molecule has 0 aliphatic carbocycles. The van der Waals surface area contributed by atoms with Crippen LogP contribution in [0, 0.1) is 6.92 Å². The van der Waals surface area contributed by atoms with E-state index in [1.165, 1.54) is 5.56 Å². The summed E-state index contributed by atoms with van der Waals surface area (Å²) in [6.45, 7) is 2.44. The number of halogens is 1. The number of rotatable bonds is 4. The third-order valence-electron chi connectivity index (χ3n) is 2.58. The molecule has 5 nitrogen and oxygen atoms in total. The summed E-state index contributed by atoms with van der Waals surface area (Å²) < 4.78 is 6.05. The van der Waals surface area contributed by atoms with Gasteiger partial charge in [0.05, 0.1) is 12.3 Å². The molecule has 2 aromatic rings. The highest BCUT2D eigenvalue weighted by Crippen LogP contribution is 2.27. The Balaban J connectivity index is 2.51. The molecular weight excluding hydrogens is 308 g/mol. The molecule has 100 valence electrons. The molecule has 0 saturated carbocycles. The van der Waals surface area contributed by atoms with Gasteiger partial charge in [-0.1, -0.05) is 22.0 Å². The zero-order valence-electron chi connectivity index (χ0n) is 10.8. The van der Waals surface area contributed by atoms with Crippen molar-refractivity contribution < 1.29 is 4.74 Å². The third-order valence-corrected chi connectivity index (χ3v) is 3.24. The summed E-state index contributed by atoms with van der Waals surface area (Å²) in [6.07, 6.45) is 0. The summed E-state index contributed by atoms with van der Waals surface area (Å²) >= 11 is 3.53. The van der Waals surface area contributed by atoms with Crippen LogP contribution in [-0.4, -0.2) is 17.1 Å². The van der Waals surface area contributed by atoms with Crippen molar-refractivity contribution in [3.05, 3.63) is 40.0 Å². The lowest BCUT2D eigenvalue weighted by molar-refractivity contribution is 0.181. The van der Waals surface area contributed by atoms with Crippen molar-refractivity contribution >= 4 is 21.7 Å². The van der Waals surface area contributed by atoms with E-state index in [0.29, 0.717) is 18.2 Å². The zero-order valence-corrected chi connectivity index (χ0v) is 12.4. The number of nitrogens with two attached hydrogens (primary N) is 1. The molecule has 1 aromatic heterocycles. The van der Waals surface area contributed by atoms with Crippen molar-refractivity contribution in [1.82, 2.24) is 9.97 Å². The molecule has 19 heavy (non-hydrogen) atoms. The van der Waals surface area contributed by atoms with E-state index in [0.717, 1.165) is 15.7 Å². The van der Waals surface area contributed by atoms with Gasteiger partial charge in [0, 0.05) is 23.2 Å². The van der Waals surface area contributed by atoms with E-state index in [2.05, 4.69) is 31.3 Å². The minimum atomic E-state index is 0.410. The first-order valence-electron chi connectivity index (χ1n) is 5.74. The molecule has 0 radical (unpaired) electrons. The fourth-order valence-corrected chi connectivity index (χ4v) is 2.39. The second-order valence-electron chi connectivity index (χ2n) is 4.13. The molecule has 1 heterocycles. The van der Waals surface area contributed by atoms with Crippen molar-refractivity contribution in [3.8, 4) is 11.4 Å². The average Bonchev–Trinajstić information content (AvgIpc) is 2.38. The second-order valence-corrected chi connectivity index (χ2v) is 4.98. The van der Waals surface area contributed by atoms with Gasteiger partial charge in [-0.25, -0.2) is 15.8 Å². The molecule has 0 atom stereocenters. The molecule has 0 aliphatic rings. The van der Waals surface area contributed by atoms with E-state index in [-0.39, 0.29) is 0 Å². The maximum Gasteiger partial charge on any atom is 0.163 e. The fourth-order valence-electron chi connectivity index (χ4n) is 1.72. The summed E-state index contributed by atoms with van der Waals surface area (Å²) in [6, 6.07) is 7.78. The van der Waals surface area contributed by atoms with Crippen LogP contribution < -0.4 is 11.3 Å². The highest BCUT2D eigenvalue weighted by Gasteiger charge is 2.09. The van der Waals surface area contributed by atoms with Gasteiger partial charge < -0.3 is 10.2 Å². The van der Waals surface area contributed by atoms with Crippen LogP contribution in [0.5, 0.6) is 0 Å². The average molecular weight is 323 g/mol. The number of hydrazine groups is 1. The molecule has 0 unspecified atom stereocenters. The first-order valence-corrected chi connectivity index (χ1v) is 6.53. The third kappa shape index (κ3) is 3.28. The van der Waals surface area contributed by atoms with Gasteiger partial charge in [0.1, 0.15) is 5.82 Å². The number of nitrogen functional groups attached to an aromatic ring is 1. The Bertz CT molecular complexity index is 589. The quantitative estimate of drug-likeness (QED) is 0.668. The first-order chi connectivity index (χ1) is 9.13. The van der Waals surface area contributed by atoms with Gasteiger partial charge in [0.15, 0.2) is 5.82 Å². The van der Waals surface area contributed by atoms with Gasteiger partial charge in [0.2, 0.25) is 0 Å². The standard InChI is InChI=1S/C13H15BrN4O/c1-8-3-4-10(11(14)5-8)13-16-9(7-19-2)6-12(17-13)18-15/h3-6H,7,15H2,1-2H3,(H,16,17,18). The number of aromatic nitrogens is 2. The van der Waals surface area contributed by atoms with Gasteiger partial charge >= 0.3 is 0 Å². The number of benzene rings is 1. The molecule has 6 heteroatoms. The number of nitrogens with one attached hydrogen (secondary N) is 1.